The van der Waals surface area contributed by atoms with E-state index in [9.17, 15) is 0 Å². The Morgan fingerprint density at radius 2 is 1.12 bits per heavy atom. The van der Waals surface area contributed by atoms with Crippen LogP contribution in [0, 0.1) is 0 Å². The summed E-state index contributed by atoms with van der Waals surface area (Å²) >= 11 is -1.73. The van der Waals surface area contributed by atoms with Gasteiger partial charge in [-0.15, -0.1) is 12.4 Å². The van der Waals surface area contributed by atoms with Gasteiger partial charge < -0.3 is 0 Å². The predicted octanol–water partition coefficient (Wildman–Crippen LogP) is 0.711. The molecular weight excluding hydrogens is 170 g/mol. The Bertz CT molecular complexity index is 36.0. The normalized spacial score (nSPS) is 9.00. The number of hydrogen-bond donors (Lipinski definition) is 0. The van der Waals surface area contributed by atoms with Gasteiger partial charge in [-0.2, -0.15) is 0 Å². The van der Waals surface area contributed by atoms with Crippen LogP contribution in [0.4, 0.5) is 0 Å². The Hall–Kier alpha value is 0.754. The van der Waals surface area contributed by atoms with Crippen molar-refractivity contribution in [3.05, 3.63) is 0 Å². The molecular formula is C3H10ClO3V. The monoisotopic (exact) mass is 180 g/mol. The standard InChI is InChI=1S/3CH3O.ClH.V/c3*1-2;;/h3*1H3;1H;/q3*-1;;+3. The summed E-state index contributed by atoms with van der Waals surface area (Å²) in [6.07, 6.45) is 0. The second-order valence-electron chi connectivity index (χ2n) is 0.771. The first-order valence-corrected chi connectivity index (χ1v) is 3.48. The van der Waals surface area contributed by atoms with Crippen LogP contribution in [0.1, 0.15) is 0 Å². The fraction of sp³-hybridized carbons (Fsp3) is 1.00. The molecule has 0 aromatic heterocycles. The van der Waals surface area contributed by atoms with Gasteiger partial charge in [0.25, 0.3) is 0 Å². The minimum atomic E-state index is -1.73. The molecule has 0 radical (unpaired) electrons. The molecule has 52 valence electrons. The fourth-order valence-corrected chi connectivity index (χ4v) is 0.922. The molecule has 0 aromatic rings. The molecule has 0 amide bonds. The molecule has 0 rings (SSSR count). The summed E-state index contributed by atoms with van der Waals surface area (Å²) in [6.45, 7) is 0. The molecule has 0 N–H and O–H groups in total. The van der Waals surface area contributed by atoms with Gasteiger partial charge >= 0.3 is 48.5 Å². The van der Waals surface area contributed by atoms with Crippen LogP contribution in [0.3, 0.4) is 0 Å². The smallest absolute Gasteiger partial charge is 0.147 e. The molecule has 8 heavy (non-hydrogen) atoms. The van der Waals surface area contributed by atoms with E-state index in [2.05, 4.69) is 0 Å². The Labute approximate surface area is 61.3 Å². The van der Waals surface area contributed by atoms with E-state index in [4.69, 9.17) is 11.0 Å². The minimum absolute atomic E-state index is 0. The van der Waals surface area contributed by atoms with Crippen molar-refractivity contribution in [2.75, 3.05) is 21.3 Å². The van der Waals surface area contributed by atoms with Crippen LogP contribution < -0.4 is 0 Å². The summed E-state index contributed by atoms with van der Waals surface area (Å²) in [4.78, 5) is 0. The van der Waals surface area contributed by atoms with E-state index < -0.39 is 16.2 Å². The van der Waals surface area contributed by atoms with Crippen molar-refractivity contribution in [3.63, 3.8) is 0 Å². The van der Waals surface area contributed by atoms with Crippen LogP contribution in [-0.2, 0) is 27.2 Å². The zero-order valence-electron chi connectivity index (χ0n) is 5.08. The SMILES string of the molecule is C[O][V]([O]C)[O]C.Cl. The first-order valence-electron chi connectivity index (χ1n) is 1.77. The van der Waals surface area contributed by atoms with Crippen molar-refractivity contribution in [2.24, 2.45) is 0 Å². The van der Waals surface area contributed by atoms with Gasteiger partial charge in [0.15, 0.2) is 0 Å². The summed E-state index contributed by atoms with van der Waals surface area (Å²) in [5.74, 6) is 0. The molecule has 0 aliphatic heterocycles. The van der Waals surface area contributed by atoms with Crippen LogP contribution in [-0.4, -0.2) is 21.3 Å². The van der Waals surface area contributed by atoms with Gasteiger partial charge in [0, 0.05) is 0 Å². The van der Waals surface area contributed by atoms with E-state index in [1.165, 1.54) is 0 Å². The van der Waals surface area contributed by atoms with Gasteiger partial charge in [-0.25, -0.2) is 0 Å². The number of halogens is 1. The molecule has 0 saturated heterocycles. The molecule has 0 aromatic carbocycles. The average Bonchev–Trinajstić information content (AvgIpc) is 1.72. The van der Waals surface area contributed by atoms with Gasteiger partial charge in [0.1, 0.15) is 0 Å². The Balaban J connectivity index is 0. The Morgan fingerprint density at radius 3 is 1.12 bits per heavy atom. The molecule has 3 nitrogen and oxygen atoms in total. The van der Waals surface area contributed by atoms with Crippen LogP contribution in [0.2, 0.25) is 0 Å². The van der Waals surface area contributed by atoms with Crippen LogP contribution in [0.15, 0.2) is 0 Å². The van der Waals surface area contributed by atoms with E-state index in [-0.39, 0.29) is 12.4 Å². The van der Waals surface area contributed by atoms with E-state index in [0.717, 1.165) is 0 Å². The maximum Gasteiger partial charge on any atom is -0.147 e. The molecule has 0 aliphatic carbocycles. The van der Waals surface area contributed by atoms with Crippen LogP contribution in [0.25, 0.3) is 0 Å². The van der Waals surface area contributed by atoms with Gasteiger partial charge in [-0.1, -0.05) is 0 Å². The first kappa shape index (κ1) is 11.5. The molecule has 0 heterocycles. The quantitative estimate of drug-likeness (QED) is 0.640. The average molecular weight is 181 g/mol. The van der Waals surface area contributed by atoms with Crippen LogP contribution in [0.5, 0.6) is 0 Å². The van der Waals surface area contributed by atoms with Gasteiger partial charge in [-0.05, 0) is 0 Å². The molecule has 0 unspecified atom stereocenters. The topological polar surface area (TPSA) is 27.7 Å². The summed E-state index contributed by atoms with van der Waals surface area (Å²) in [6, 6.07) is 0. The van der Waals surface area contributed by atoms with Crippen LogP contribution >= 0.6 is 12.4 Å². The van der Waals surface area contributed by atoms with Crippen molar-refractivity contribution in [1.29, 1.82) is 0 Å². The van der Waals surface area contributed by atoms with E-state index in [0.29, 0.717) is 0 Å². The Kier molecular flexibility index (Phi) is 11.2. The van der Waals surface area contributed by atoms with Gasteiger partial charge in [0.2, 0.25) is 0 Å². The van der Waals surface area contributed by atoms with Crippen molar-refractivity contribution < 1.29 is 27.2 Å². The second-order valence-corrected chi connectivity index (χ2v) is 3.18. The predicted molar refractivity (Wildman–Crippen MR) is 28.3 cm³/mol. The third-order valence-electron chi connectivity index (χ3n) is 0.447. The molecule has 0 aliphatic rings. The zero-order chi connectivity index (χ0) is 5.70. The number of hydrogen-bond acceptors (Lipinski definition) is 3. The molecule has 0 saturated carbocycles. The van der Waals surface area contributed by atoms with Gasteiger partial charge in [-0.3, -0.25) is 0 Å². The maximum absolute atomic E-state index is 4.75. The summed E-state index contributed by atoms with van der Waals surface area (Å²) in [5, 5.41) is 0. The maximum atomic E-state index is 4.75. The molecule has 0 fully saturated rings. The molecule has 0 atom stereocenters. The first-order chi connectivity index (χ1) is 3.35. The van der Waals surface area contributed by atoms with E-state index >= 15 is 0 Å². The van der Waals surface area contributed by atoms with Crippen molar-refractivity contribution >= 4 is 12.4 Å². The van der Waals surface area contributed by atoms with E-state index in [1.54, 1.807) is 21.3 Å². The van der Waals surface area contributed by atoms with Crippen molar-refractivity contribution in [2.45, 2.75) is 0 Å². The summed E-state index contributed by atoms with van der Waals surface area (Å²) < 4.78 is 14.2. The third kappa shape index (κ3) is 4.90. The fourth-order valence-electron chi connectivity index (χ4n) is 0.224. The minimum Gasteiger partial charge on any atom is -0.147 e. The third-order valence-corrected chi connectivity index (χ3v) is 1.84. The molecule has 0 spiro atoms. The second kappa shape index (κ2) is 7.75. The molecule has 5 heteroatoms. The number of rotatable bonds is 3. The molecule has 0 bridgehead atoms. The Morgan fingerprint density at radius 1 is 0.875 bits per heavy atom. The van der Waals surface area contributed by atoms with E-state index in [1.807, 2.05) is 0 Å². The van der Waals surface area contributed by atoms with Crippen molar-refractivity contribution in [1.82, 2.24) is 0 Å². The zero-order valence-corrected chi connectivity index (χ0v) is 7.29. The van der Waals surface area contributed by atoms with Gasteiger partial charge in [0.05, 0.1) is 0 Å². The van der Waals surface area contributed by atoms with Crippen molar-refractivity contribution in [3.8, 4) is 0 Å². The summed E-state index contributed by atoms with van der Waals surface area (Å²) in [5.41, 5.74) is 0. The largest absolute Gasteiger partial charge is 0.147 e. The summed E-state index contributed by atoms with van der Waals surface area (Å²) in [7, 11) is 4.73.